The highest BCUT2D eigenvalue weighted by Crippen LogP contribution is 2.29. The largest absolute Gasteiger partial charge is 0.416 e. The van der Waals surface area contributed by atoms with E-state index in [1.54, 1.807) is 0 Å². The Morgan fingerprint density at radius 3 is 2.06 bits per heavy atom. The Bertz CT molecular complexity index is 384. The number of hydrogen-bond acceptors (Lipinski definition) is 2. The van der Waals surface area contributed by atoms with Crippen molar-refractivity contribution < 1.29 is 27.1 Å². The van der Waals surface area contributed by atoms with Crippen LogP contribution in [0.5, 0.6) is 0 Å². The maximum absolute atomic E-state index is 12.7. The normalized spacial score (nSPS) is 15.0. The van der Waals surface area contributed by atoms with E-state index < -0.39 is 30.0 Å². The van der Waals surface area contributed by atoms with E-state index in [0.717, 1.165) is 6.07 Å². The van der Waals surface area contributed by atoms with Gasteiger partial charge in [0.1, 0.15) is 0 Å². The lowest BCUT2D eigenvalue weighted by molar-refractivity contribution is -0.210. The van der Waals surface area contributed by atoms with E-state index in [1.807, 2.05) is 0 Å². The highest BCUT2D eigenvalue weighted by molar-refractivity contribution is 5.85. The maximum Gasteiger partial charge on any atom is 0.416 e. The summed E-state index contributed by atoms with van der Waals surface area (Å²) in [7, 11) is 0. The van der Waals surface area contributed by atoms with E-state index in [0.29, 0.717) is 12.1 Å². The summed E-state index contributed by atoms with van der Waals surface area (Å²) in [6.45, 7) is 0. The fourth-order valence-corrected chi connectivity index (χ4v) is 1.11. The minimum Gasteiger partial charge on any atom is -0.382 e. The van der Waals surface area contributed by atoms with Crippen molar-refractivity contribution in [1.82, 2.24) is 0 Å². The molecule has 0 spiro atoms. The van der Waals surface area contributed by atoms with Crippen molar-refractivity contribution in [2.45, 2.75) is 18.3 Å². The first-order chi connectivity index (χ1) is 7.23. The smallest absolute Gasteiger partial charge is 0.382 e. The van der Waals surface area contributed by atoms with E-state index in [-0.39, 0.29) is 18.0 Å². The fraction of sp³-hybridized carbons (Fsp3) is 0.333. The zero-order valence-corrected chi connectivity index (χ0v) is 9.03. The summed E-state index contributed by atoms with van der Waals surface area (Å²) in [5.74, 6) is -2.51. The summed E-state index contributed by atoms with van der Waals surface area (Å²) in [5, 5.41) is 8.80. The van der Waals surface area contributed by atoms with Crippen LogP contribution < -0.4 is 5.73 Å². The first-order valence-corrected chi connectivity index (χ1v) is 4.19. The van der Waals surface area contributed by atoms with Gasteiger partial charge >= 0.3 is 6.18 Å². The van der Waals surface area contributed by atoms with Crippen LogP contribution in [-0.2, 0) is 0 Å². The number of rotatable bonds is 2. The van der Waals surface area contributed by atoms with Crippen LogP contribution in [0.25, 0.3) is 0 Å². The molecule has 0 radical (unpaired) electrons. The molecule has 98 valence electrons. The third kappa shape index (κ3) is 3.79. The molecule has 0 saturated carbocycles. The Morgan fingerprint density at radius 2 is 1.65 bits per heavy atom. The highest BCUT2D eigenvalue weighted by atomic mass is 35.5. The van der Waals surface area contributed by atoms with Crippen LogP contribution in [0.15, 0.2) is 18.2 Å². The van der Waals surface area contributed by atoms with Crippen LogP contribution in [0.2, 0.25) is 0 Å². The van der Waals surface area contributed by atoms with E-state index in [4.69, 9.17) is 10.8 Å². The van der Waals surface area contributed by atoms with E-state index in [1.165, 1.54) is 0 Å². The zero-order valence-electron chi connectivity index (χ0n) is 8.21. The molecule has 0 aromatic heterocycles. The SMILES string of the molecule is Cl.N[C@@H](c1ccc(F)c(F)c1)[C@H](O)C(F)(F)F. The van der Waals surface area contributed by atoms with Crippen LogP contribution in [0.3, 0.4) is 0 Å². The second kappa shape index (κ2) is 5.61. The molecule has 2 atom stereocenters. The number of halogens is 6. The average Bonchev–Trinajstić information content (AvgIpc) is 2.18. The van der Waals surface area contributed by atoms with Gasteiger partial charge in [-0.1, -0.05) is 6.07 Å². The van der Waals surface area contributed by atoms with Gasteiger partial charge in [-0.05, 0) is 17.7 Å². The number of nitrogens with two attached hydrogens (primary N) is 1. The number of aliphatic hydroxyl groups excluding tert-OH is 1. The quantitative estimate of drug-likeness (QED) is 0.815. The molecule has 0 heterocycles. The predicted molar refractivity (Wildman–Crippen MR) is 52.6 cm³/mol. The molecule has 0 fully saturated rings. The van der Waals surface area contributed by atoms with Crippen molar-refractivity contribution in [2.75, 3.05) is 0 Å². The molecule has 0 amide bonds. The monoisotopic (exact) mass is 277 g/mol. The van der Waals surface area contributed by atoms with E-state index in [2.05, 4.69) is 0 Å². The standard InChI is InChI=1S/C9H8F5NO.ClH/c10-5-2-1-4(3-6(5)11)7(15)8(16)9(12,13)14;/h1-3,7-8,16H,15H2;1H/t7-,8-;/m0./s1. The summed E-state index contributed by atoms with van der Waals surface area (Å²) in [6.07, 6.45) is -7.73. The van der Waals surface area contributed by atoms with Gasteiger partial charge in [-0.3, -0.25) is 0 Å². The molecule has 1 aromatic carbocycles. The Balaban J connectivity index is 0.00000256. The van der Waals surface area contributed by atoms with Crippen LogP contribution in [0.4, 0.5) is 22.0 Å². The van der Waals surface area contributed by atoms with Gasteiger partial charge in [-0.15, -0.1) is 12.4 Å². The minimum absolute atomic E-state index is 0. The van der Waals surface area contributed by atoms with Crippen LogP contribution >= 0.6 is 12.4 Å². The van der Waals surface area contributed by atoms with Crippen molar-refractivity contribution in [2.24, 2.45) is 5.73 Å². The maximum atomic E-state index is 12.7. The van der Waals surface area contributed by atoms with Gasteiger partial charge in [0.25, 0.3) is 0 Å². The molecule has 0 aliphatic heterocycles. The predicted octanol–water partition coefficient (Wildman–Crippen LogP) is 2.31. The Hall–Kier alpha value is -0.920. The van der Waals surface area contributed by atoms with E-state index >= 15 is 0 Å². The lowest BCUT2D eigenvalue weighted by atomic mass is 10.0. The summed E-state index contributed by atoms with van der Waals surface area (Å²) in [4.78, 5) is 0. The molecule has 0 aliphatic carbocycles. The van der Waals surface area contributed by atoms with Crippen molar-refractivity contribution >= 4 is 12.4 Å². The molecule has 3 N–H and O–H groups in total. The average molecular weight is 278 g/mol. The molecule has 0 unspecified atom stereocenters. The van der Waals surface area contributed by atoms with Gasteiger partial charge in [-0.25, -0.2) is 8.78 Å². The third-order valence-corrected chi connectivity index (χ3v) is 2.00. The summed E-state index contributed by atoms with van der Waals surface area (Å²) >= 11 is 0. The van der Waals surface area contributed by atoms with Crippen molar-refractivity contribution in [1.29, 1.82) is 0 Å². The highest BCUT2D eigenvalue weighted by Gasteiger charge is 2.42. The summed E-state index contributed by atoms with van der Waals surface area (Å²) in [5.41, 5.74) is 4.75. The molecule has 1 aromatic rings. The third-order valence-electron chi connectivity index (χ3n) is 2.00. The molecule has 0 bridgehead atoms. The fourth-order valence-electron chi connectivity index (χ4n) is 1.11. The first-order valence-electron chi connectivity index (χ1n) is 4.19. The summed E-state index contributed by atoms with van der Waals surface area (Å²) < 4.78 is 61.4. The second-order valence-corrected chi connectivity index (χ2v) is 3.19. The van der Waals surface area contributed by atoms with Crippen molar-refractivity contribution in [3.05, 3.63) is 35.4 Å². The molecular formula is C9H9ClF5NO. The van der Waals surface area contributed by atoms with Crippen molar-refractivity contribution in [3.63, 3.8) is 0 Å². The molecule has 17 heavy (non-hydrogen) atoms. The van der Waals surface area contributed by atoms with Crippen LogP contribution in [0.1, 0.15) is 11.6 Å². The second-order valence-electron chi connectivity index (χ2n) is 3.19. The van der Waals surface area contributed by atoms with Crippen LogP contribution in [-0.4, -0.2) is 17.4 Å². The van der Waals surface area contributed by atoms with Gasteiger partial charge in [0.15, 0.2) is 17.7 Å². The lowest BCUT2D eigenvalue weighted by Gasteiger charge is -2.21. The molecule has 0 aliphatic rings. The number of alkyl halides is 3. The first kappa shape index (κ1) is 16.1. The van der Waals surface area contributed by atoms with Crippen LogP contribution in [0, 0.1) is 11.6 Å². The molecule has 0 saturated heterocycles. The van der Waals surface area contributed by atoms with E-state index in [9.17, 15) is 22.0 Å². The lowest BCUT2D eigenvalue weighted by Crippen LogP contribution is -2.38. The summed E-state index contributed by atoms with van der Waals surface area (Å²) in [6, 6.07) is 0.204. The Morgan fingerprint density at radius 1 is 1.12 bits per heavy atom. The van der Waals surface area contributed by atoms with Gasteiger partial charge in [0.05, 0.1) is 6.04 Å². The van der Waals surface area contributed by atoms with Gasteiger partial charge in [0, 0.05) is 0 Å². The molecular weight excluding hydrogens is 269 g/mol. The molecule has 1 rings (SSSR count). The van der Waals surface area contributed by atoms with Gasteiger partial charge < -0.3 is 10.8 Å². The van der Waals surface area contributed by atoms with Gasteiger partial charge in [-0.2, -0.15) is 13.2 Å². The number of benzene rings is 1. The number of aliphatic hydroxyl groups is 1. The van der Waals surface area contributed by atoms with Gasteiger partial charge in [0.2, 0.25) is 0 Å². The number of hydrogen-bond donors (Lipinski definition) is 2. The molecule has 2 nitrogen and oxygen atoms in total. The Kier molecular flexibility index (Phi) is 5.31. The minimum atomic E-state index is -4.91. The topological polar surface area (TPSA) is 46.2 Å². The Labute approximate surface area is 99.6 Å². The van der Waals surface area contributed by atoms with Crippen molar-refractivity contribution in [3.8, 4) is 0 Å². The molecule has 8 heteroatoms. The zero-order chi connectivity index (χ0) is 12.5.